The fraction of sp³-hybridized carbons (Fsp3) is 0.857. The molecule has 1 unspecified atom stereocenters. The number of ketones is 1. The molecule has 0 saturated carbocycles. The van der Waals surface area contributed by atoms with E-state index in [1.165, 1.54) is 0 Å². The van der Waals surface area contributed by atoms with Gasteiger partial charge in [0, 0.05) is 6.42 Å². The minimum absolute atomic E-state index is 0.0547. The van der Waals surface area contributed by atoms with Crippen molar-refractivity contribution in [3.63, 3.8) is 0 Å². The molecule has 0 aromatic heterocycles. The lowest BCUT2D eigenvalue weighted by Gasteiger charge is -2.12. The Morgan fingerprint density at radius 1 is 1.12 bits per heavy atom. The van der Waals surface area contributed by atoms with Crippen molar-refractivity contribution in [2.75, 3.05) is 6.61 Å². The molecule has 3 heteroatoms. The van der Waals surface area contributed by atoms with Crippen LogP contribution in [0.4, 0.5) is 0 Å². The van der Waals surface area contributed by atoms with Gasteiger partial charge in [0.05, 0.1) is 12.5 Å². The second kappa shape index (κ2) is 10.3. The number of Topliss-reactive ketones (excluding diaryl/α,β-unsaturated/α-hetero) is 1. The first kappa shape index (κ1) is 16.1. The number of carbonyl (C=O) groups excluding carboxylic acids is 2. The smallest absolute Gasteiger partial charge is 0.308 e. The van der Waals surface area contributed by atoms with Gasteiger partial charge >= 0.3 is 5.97 Å². The van der Waals surface area contributed by atoms with Gasteiger partial charge in [-0.1, -0.05) is 20.3 Å². The largest absolute Gasteiger partial charge is 0.465 e. The van der Waals surface area contributed by atoms with Crippen molar-refractivity contribution in [3.05, 3.63) is 0 Å². The van der Waals surface area contributed by atoms with Crippen LogP contribution in [-0.4, -0.2) is 18.4 Å². The predicted octanol–water partition coefficient (Wildman–Crippen LogP) is 3.51. The summed E-state index contributed by atoms with van der Waals surface area (Å²) in [5.74, 6) is 0.245. The highest BCUT2D eigenvalue weighted by Crippen LogP contribution is 2.13. The Kier molecular flexibility index (Phi) is 9.78. The summed E-state index contributed by atoms with van der Waals surface area (Å²) in [6.45, 7) is 6.21. The molecule has 0 bridgehead atoms. The number of hydrogen-bond acceptors (Lipinski definition) is 3. The normalized spacial score (nSPS) is 12.2. The quantitative estimate of drug-likeness (QED) is 0.435. The topological polar surface area (TPSA) is 43.4 Å². The van der Waals surface area contributed by atoms with Gasteiger partial charge < -0.3 is 9.53 Å². The zero-order chi connectivity index (χ0) is 13.1. The molecule has 0 N–H and O–H groups in total. The molecule has 0 spiro atoms. The van der Waals surface area contributed by atoms with E-state index in [1.54, 1.807) is 6.92 Å². The Labute approximate surface area is 105 Å². The van der Waals surface area contributed by atoms with Crippen molar-refractivity contribution in [1.82, 2.24) is 0 Å². The molecule has 0 aliphatic heterocycles. The fourth-order valence-electron chi connectivity index (χ4n) is 1.78. The first-order chi connectivity index (χ1) is 8.11. The summed E-state index contributed by atoms with van der Waals surface area (Å²) in [5, 5.41) is 0. The average molecular weight is 242 g/mol. The monoisotopic (exact) mass is 242 g/mol. The van der Waals surface area contributed by atoms with Crippen LogP contribution in [0.5, 0.6) is 0 Å². The molecule has 1 atom stereocenters. The summed E-state index contributed by atoms with van der Waals surface area (Å²) in [5.41, 5.74) is 0. The zero-order valence-corrected chi connectivity index (χ0v) is 11.5. The van der Waals surface area contributed by atoms with Gasteiger partial charge in [0.2, 0.25) is 0 Å². The van der Waals surface area contributed by atoms with E-state index in [-0.39, 0.29) is 17.7 Å². The first-order valence-electron chi connectivity index (χ1n) is 6.77. The van der Waals surface area contributed by atoms with E-state index in [0.29, 0.717) is 13.0 Å². The molecular weight excluding hydrogens is 216 g/mol. The minimum atomic E-state index is -0.0547. The summed E-state index contributed by atoms with van der Waals surface area (Å²) in [6, 6.07) is 0. The molecule has 0 amide bonds. The van der Waals surface area contributed by atoms with E-state index in [1.807, 2.05) is 6.92 Å². The van der Waals surface area contributed by atoms with Crippen LogP contribution in [0.25, 0.3) is 0 Å². The highest BCUT2D eigenvalue weighted by atomic mass is 16.5. The van der Waals surface area contributed by atoms with E-state index in [0.717, 1.165) is 38.5 Å². The number of carbonyl (C=O) groups is 2. The molecule has 100 valence electrons. The van der Waals surface area contributed by atoms with Crippen LogP contribution in [0, 0.1) is 5.92 Å². The lowest BCUT2D eigenvalue weighted by molar-refractivity contribution is -0.149. The second-order valence-corrected chi connectivity index (χ2v) is 4.57. The summed E-state index contributed by atoms with van der Waals surface area (Å²) in [6.07, 6.45) is 6.16. The van der Waals surface area contributed by atoms with E-state index in [4.69, 9.17) is 4.74 Å². The highest BCUT2D eigenvalue weighted by Gasteiger charge is 2.16. The molecular formula is C14H26O3. The number of unbranched alkanes of at least 4 members (excludes halogenated alkanes) is 2. The van der Waals surface area contributed by atoms with E-state index < -0.39 is 0 Å². The van der Waals surface area contributed by atoms with Crippen LogP contribution in [0.2, 0.25) is 0 Å². The van der Waals surface area contributed by atoms with E-state index >= 15 is 0 Å². The van der Waals surface area contributed by atoms with Crippen LogP contribution >= 0.6 is 0 Å². The van der Waals surface area contributed by atoms with Gasteiger partial charge in [0.25, 0.3) is 0 Å². The minimum Gasteiger partial charge on any atom is -0.465 e. The first-order valence-corrected chi connectivity index (χ1v) is 6.77. The lowest BCUT2D eigenvalue weighted by atomic mass is 10.0. The summed E-state index contributed by atoms with van der Waals surface area (Å²) >= 11 is 0. The third kappa shape index (κ3) is 8.90. The Bertz CT molecular complexity index is 224. The van der Waals surface area contributed by atoms with Gasteiger partial charge in [-0.2, -0.15) is 0 Å². The van der Waals surface area contributed by atoms with E-state index in [9.17, 15) is 9.59 Å². The molecule has 0 heterocycles. The third-order valence-corrected chi connectivity index (χ3v) is 2.88. The molecule has 0 aliphatic carbocycles. The number of ether oxygens (including phenoxy) is 1. The molecule has 0 rings (SSSR count). The fourth-order valence-corrected chi connectivity index (χ4v) is 1.78. The van der Waals surface area contributed by atoms with Crippen molar-refractivity contribution in [1.29, 1.82) is 0 Å². The van der Waals surface area contributed by atoms with Crippen LogP contribution in [0.15, 0.2) is 0 Å². The van der Waals surface area contributed by atoms with Crippen molar-refractivity contribution < 1.29 is 14.3 Å². The number of hydrogen-bond donors (Lipinski definition) is 0. The van der Waals surface area contributed by atoms with Crippen molar-refractivity contribution in [2.24, 2.45) is 5.92 Å². The molecule has 0 aromatic rings. The van der Waals surface area contributed by atoms with Crippen molar-refractivity contribution >= 4 is 11.8 Å². The Balaban J connectivity index is 3.52. The summed E-state index contributed by atoms with van der Waals surface area (Å²) in [4.78, 5) is 22.3. The molecule has 0 aromatic carbocycles. The van der Waals surface area contributed by atoms with Gasteiger partial charge in [0.1, 0.15) is 5.78 Å². The molecule has 0 fully saturated rings. The van der Waals surface area contributed by atoms with E-state index in [2.05, 4.69) is 6.92 Å². The Morgan fingerprint density at radius 2 is 1.82 bits per heavy atom. The molecule has 0 aliphatic rings. The third-order valence-electron chi connectivity index (χ3n) is 2.88. The van der Waals surface area contributed by atoms with Crippen LogP contribution in [-0.2, 0) is 14.3 Å². The van der Waals surface area contributed by atoms with Gasteiger partial charge in [-0.3, -0.25) is 4.79 Å². The van der Waals surface area contributed by atoms with Gasteiger partial charge in [-0.15, -0.1) is 0 Å². The molecule has 0 saturated heterocycles. The zero-order valence-electron chi connectivity index (χ0n) is 11.5. The molecule has 3 nitrogen and oxygen atoms in total. The number of esters is 1. The molecule has 17 heavy (non-hydrogen) atoms. The number of rotatable bonds is 10. The Morgan fingerprint density at radius 3 is 2.35 bits per heavy atom. The maximum Gasteiger partial charge on any atom is 0.308 e. The summed E-state index contributed by atoms with van der Waals surface area (Å²) < 4.78 is 5.23. The van der Waals surface area contributed by atoms with Gasteiger partial charge in [-0.25, -0.2) is 0 Å². The average Bonchev–Trinajstić information content (AvgIpc) is 2.29. The van der Waals surface area contributed by atoms with Crippen LogP contribution < -0.4 is 0 Å². The predicted molar refractivity (Wildman–Crippen MR) is 68.8 cm³/mol. The standard InChI is InChI=1S/C14H26O3/c1-4-9-13(5-2)14(16)17-11-8-6-7-10-12(3)15/h13H,4-11H2,1-3H3. The SMILES string of the molecule is CCCC(CC)C(=O)OCCCCCC(C)=O. The van der Waals surface area contributed by atoms with Crippen LogP contribution in [0.3, 0.4) is 0 Å². The van der Waals surface area contributed by atoms with Crippen LogP contribution in [0.1, 0.15) is 65.7 Å². The van der Waals surface area contributed by atoms with Gasteiger partial charge in [-0.05, 0) is 39.0 Å². The second-order valence-electron chi connectivity index (χ2n) is 4.57. The highest BCUT2D eigenvalue weighted by molar-refractivity contribution is 5.75. The maximum atomic E-state index is 11.6. The summed E-state index contributed by atoms with van der Waals surface area (Å²) in [7, 11) is 0. The Hall–Kier alpha value is -0.860. The van der Waals surface area contributed by atoms with Gasteiger partial charge in [0.15, 0.2) is 0 Å². The van der Waals surface area contributed by atoms with Crippen molar-refractivity contribution in [3.8, 4) is 0 Å². The maximum absolute atomic E-state index is 11.6. The lowest BCUT2D eigenvalue weighted by Crippen LogP contribution is -2.17. The van der Waals surface area contributed by atoms with Crippen molar-refractivity contribution in [2.45, 2.75) is 65.7 Å². The molecule has 0 radical (unpaired) electrons.